The van der Waals surface area contributed by atoms with Crippen LogP contribution in [0.2, 0.25) is 0 Å². The van der Waals surface area contributed by atoms with Gasteiger partial charge in [-0.3, -0.25) is 9.36 Å². The van der Waals surface area contributed by atoms with Gasteiger partial charge in [0.1, 0.15) is 5.75 Å². The SMILES string of the molecule is COc1ccc(CC(=O)NCCn2nc(-c3ccccc3)n(C3CC3)c2=O)cc1. The van der Waals surface area contributed by atoms with Crippen molar-refractivity contribution < 1.29 is 9.53 Å². The highest BCUT2D eigenvalue weighted by Crippen LogP contribution is 2.36. The summed E-state index contributed by atoms with van der Waals surface area (Å²) in [6.45, 7) is 0.692. The first-order valence-corrected chi connectivity index (χ1v) is 9.80. The third-order valence-corrected chi connectivity index (χ3v) is 4.98. The predicted molar refractivity (Wildman–Crippen MR) is 110 cm³/mol. The van der Waals surface area contributed by atoms with Crippen LogP contribution in [-0.4, -0.2) is 33.9 Å². The van der Waals surface area contributed by atoms with E-state index in [0.29, 0.717) is 18.9 Å². The van der Waals surface area contributed by atoms with Gasteiger partial charge in [-0.15, -0.1) is 5.10 Å². The van der Waals surface area contributed by atoms with Crippen molar-refractivity contribution in [3.05, 3.63) is 70.6 Å². The van der Waals surface area contributed by atoms with Crippen LogP contribution in [0.1, 0.15) is 24.4 Å². The molecule has 1 aromatic heterocycles. The summed E-state index contributed by atoms with van der Waals surface area (Å²) in [5.41, 5.74) is 1.72. The average molecular weight is 392 g/mol. The van der Waals surface area contributed by atoms with Gasteiger partial charge in [-0.1, -0.05) is 42.5 Å². The summed E-state index contributed by atoms with van der Waals surface area (Å²) in [7, 11) is 1.61. The number of carbonyl (C=O) groups is 1. The Morgan fingerprint density at radius 3 is 2.52 bits per heavy atom. The maximum absolute atomic E-state index is 12.8. The maximum atomic E-state index is 12.8. The summed E-state index contributed by atoms with van der Waals surface area (Å²) >= 11 is 0. The second kappa shape index (κ2) is 8.34. The van der Waals surface area contributed by atoms with Crippen molar-refractivity contribution in [2.24, 2.45) is 0 Å². The second-order valence-corrected chi connectivity index (χ2v) is 7.17. The van der Waals surface area contributed by atoms with Crippen molar-refractivity contribution in [1.29, 1.82) is 0 Å². The van der Waals surface area contributed by atoms with Gasteiger partial charge in [0.25, 0.3) is 0 Å². The minimum Gasteiger partial charge on any atom is -0.497 e. The van der Waals surface area contributed by atoms with E-state index >= 15 is 0 Å². The first kappa shape index (κ1) is 19.0. The van der Waals surface area contributed by atoms with Crippen LogP contribution < -0.4 is 15.7 Å². The number of carbonyl (C=O) groups excluding carboxylic acids is 1. The molecule has 1 heterocycles. The van der Waals surface area contributed by atoms with E-state index in [1.165, 1.54) is 4.68 Å². The van der Waals surface area contributed by atoms with Crippen LogP contribution in [0.5, 0.6) is 5.75 Å². The minimum atomic E-state index is -0.115. The largest absolute Gasteiger partial charge is 0.497 e. The fourth-order valence-electron chi connectivity index (χ4n) is 3.30. The molecule has 0 spiro atoms. The molecule has 0 atom stereocenters. The molecule has 1 aliphatic carbocycles. The van der Waals surface area contributed by atoms with E-state index in [1.807, 2.05) is 54.6 Å². The average Bonchev–Trinajstić information content (AvgIpc) is 3.53. The summed E-state index contributed by atoms with van der Waals surface area (Å²) in [5.74, 6) is 1.37. The first-order valence-electron chi connectivity index (χ1n) is 9.80. The van der Waals surface area contributed by atoms with Gasteiger partial charge < -0.3 is 10.1 Å². The third-order valence-electron chi connectivity index (χ3n) is 4.98. The number of methoxy groups -OCH3 is 1. The Bertz CT molecular complexity index is 1030. The third kappa shape index (κ3) is 4.39. The summed E-state index contributed by atoms with van der Waals surface area (Å²) in [6.07, 6.45) is 2.29. The van der Waals surface area contributed by atoms with Gasteiger partial charge >= 0.3 is 5.69 Å². The van der Waals surface area contributed by atoms with Gasteiger partial charge in [0.15, 0.2) is 5.82 Å². The number of rotatable bonds is 8. The molecule has 29 heavy (non-hydrogen) atoms. The molecule has 1 aliphatic rings. The van der Waals surface area contributed by atoms with Crippen molar-refractivity contribution >= 4 is 5.91 Å². The normalized spacial score (nSPS) is 13.3. The maximum Gasteiger partial charge on any atom is 0.346 e. The molecular weight excluding hydrogens is 368 g/mol. The summed E-state index contributed by atoms with van der Waals surface area (Å²) in [4.78, 5) is 25.0. The summed E-state index contributed by atoms with van der Waals surface area (Å²) < 4.78 is 8.36. The zero-order valence-electron chi connectivity index (χ0n) is 16.4. The van der Waals surface area contributed by atoms with Gasteiger partial charge in [0, 0.05) is 18.2 Å². The van der Waals surface area contributed by atoms with E-state index in [0.717, 1.165) is 29.7 Å². The minimum absolute atomic E-state index is 0.0897. The van der Waals surface area contributed by atoms with Crippen LogP contribution in [0.3, 0.4) is 0 Å². The lowest BCUT2D eigenvalue weighted by Crippen LogP contribution is -2.32. The topological polar surface area (TPSA) is 78.2 Å². The van der Waals surface area contributed by atoms with Gasteiger partial charge in [0.05, 0.1) is 20.1 Å². The fourth-order valence-corrected chi connectivity index (χ4v) is 3.30. The molecular formula is C22H24N4O3. The monoisotopic (exact) mass is 392 g/mol. The number of benzene rings is 2. The highest BCUT2D eigenvalue weighted by Gasteiger charge is 2.30. The Labute approximate surface area is 168 Å². The van der Waals surface area contributed by atoms with Gasteiger partial charge in [-0.2, -0.15) is 0 Å². The highest BCUT2D eigenvalue weighted by molar-refractivity contribution is 5.78. The molecule has 1 fully saturated rings. The Morgan fingerprint density at radius 2 is 1.86 bits per heavy atom. The number of aromatic nitrogens is 3. The zero-order chi connectivity index (χ0) is 20.2. The van der Waals surface area contributed by atoms with E-state index in [1.54, 1.807) is 11.7 Å². The smallest absolute Gasteiger partial charge is 0.346 e. The number of ether oxygens (including phenoxy) is 1. The van der Waals surface area contributed by atoms with Crippen LogP contribution in [0.4, 0.5) is 0 Å². The van der Waals surface area contributed by atoms with E-state index < -0.39 is 0 Å². The number of amides is 1. The molecule has 0 unspecified atom stereocenters. The molecule has 0 radical (unpaired) electrons. The summed E-state index contributed by atoms with van der Waals surface area (Å²) in [6, 6.07) is 17.4. The van der Waals surface area contributed by atoms with Crippen molar-refractivity contribution in [2.75, 3.05) is 13.7 Å². The molecule has 7 nitrogen and oxygen atoms in total. The quantitative estimate of drug-likeness (QED) is 0.639. The van der Waals surface area contributed by atoms with Crippen molar-refractivity contribution in [3.8, 4) is 17.1 Å². The molecule has 0 aliphatic heterocycles. The zero-order valence-corrected chi connectivity index (χ0v) is 16.4. The highest BCUT2D eigenvalue weighted by atomic mass is 16.5. The lowest BCUT2D eigenvalue weighted by Gasteiger charge is -2.06. The predicted octanol–water partition coefficient (Wildman–Crippen LogP) is 2.41. The molecule has 4 rings (SSSR count). The van der Waals surface area contributed by atoms with Crippen LogP contribution in [-0.2, 0) is 17.8 Å². The van der Waals surface area contributed by atoms with E-state index in [-0.39, 0.29) is 24.1 Å². The van der Waals surface area contributed by atoms with Crippen LogP contribution in [0.15, 0.2) is 59.4 Å². The molecule has 0 saturated heterocycles. The van der Waals surface area contributed by atoms with Crippen molar-refractivity contribution in [1.82, 2.24) is 19.7 Å². The first-order chi connectivity index (χ1) is 14.2. The van der Waals surface area contributed by atoms with Crippen molar-refractivity contribution in [3.63, 3.8) is 0 Å². The molecule has 1 amide bonds. The molecule has 1 saturated carbocycles. The number of hydrogen-bond acceptors (Lipinski definition) is 4. The van der Waals surface area contributed by atoms with Crippen molar-refractivity contribution in [2.45, 2.75) is 31.8 Å². The lowest BCUT2D eigenvalue weighted by molar-refractivity contribution is -0.120. The lowest BCUT2D eigenvalue weighted by atomic mass is 10.1. The molecule has 0 bridgehead atoms. The molecule has 3 aromatic rings. The summed E-state index contributed by atoms with van der Waals surface area (Å²) in [5, 5.41) is 7.41. The van der Waals surface area contributed by atoms with Gasteiger partial charge in [0.2, 0.25) is 5.91 Å². The molecule has 150 valence electrons. The fraction of sp³-hybridized carbons (Fsp3) is 0.318. The number of nitrogens with zero attached hydrogens (tertiary/aromatic N) is 3. The Kier molecular flexibility index (Phi) is 5.46. The number of hydrogen-bond donors (Lipinski definition) is 1. The Morgan fingerprint density at radius 1 is 1.14 bits per heavy atom. The van der Waals surface area contributed by atoms with Crippen LogP contribution >= 0.6 is 0 Å². The Balaban J connectivity index is 1.39. The van der Waals surface area contributed by atoms with E-state index in [9.17, 15) is 9.59 Å². The molecule has 1 N–H and O–H groups in total. The Hall–Kier alpha value is -3.35. The van der Waals surface area contributed by atoms with Crippen LogP contribution in [0, 0.1) is 0 Å². The second-order valence-electron chi connectivity index (χ2n) is 7.17. The van der Waals surface area contributed by atoms with E-state index in [4.69, 9.17) is 4.74 Å². The molecule has 7 heteroatoms. The standard InChI is InChI=1S/C22H24N4O3/c1-29-19-11-7-16(8-12-19)15-20(27)23-13-14-25-22(28)26(18-9-10-18)21(24-25)17-5-3-2-4-6-17/h2-8,11-12,18H,9-10,13-15H2,1H3,(H,23,27). The van der Waals surface area contributed by atoms with E-state index in [2.05, 4.69) is 10.4 Å². The molecule has 2 aromatic carbocycles. The van der Waals surface area contributed by atoms with Gasteiger partial charge in [-0.25, -0.2) is 9.48 Å². The number of nitrogens with one attached hydrogen (secondary N) is 1. The van der Waals surface area contributed by atoms with Crippen LogP contribution in [0.25, 0.3) is 11.4 Å². The van der Waals surface area contributed by atoms with Gasteiger partial charge in [-0.05, 0) is 30.5 Å².